The lowest BCUT2D eigenvalue weighted by Crippen LogP contribution is -2.74. The zero-order chi connectivity index (χ0) is 27.8. The van der Waals surface area contributed by atoms with E-state index >= 15 is 4.39 Å². The molecule has 3 aliphatic rings. The maximum absolute atomic E-state index is 15.4. The summed E-state index contributed by atoms with van der Waals surface area (Å²) in [6.07, 6.45) is 0.372. The SMILES string of the molecule is CN(C)[C@@H]1C(=O)C(C(N)=O)C(=O)[C@@]2(O)C(=O)C3C(=O)c4c(O)cc(CNS(C)(=O)=O)c(F)c4C[C@H]3C[C@@H]12. The Morgan fingerprint density at radius 3 is 2.41 bits per heavy atom. The van der Waals surface area contributed by atoms with Gasteiger partial charge in [-0.2, -0.15) is 0 Å². The second-order valence-electron chi connectivity index (χ2n) is 10.1. The number of benzene rings is 1. The first-order valence-corrected chi connectivity index (χ1v) is 13.2. The average Bonchev–Trinajstić information content (AvgIpc) is 2.76. The minimum absolute atomic E-state index is 0.226. The molecule has 14 heteroatoms. The number of hydrogen-bond donors (Lipinski definition) is 4. The number of fused-ring (bicyclic) bond motifs is 3. The van der Waals surface area contributed by atoms with E-state index in [4.69, 9.17) is 5.73 Å². The Morgan fingerprint density at radius 2 is 1.86 bits per heavy atom. The quantitative estimate of drug-likeness (QED) is 0.305. The number of primary amides is 1. The van der Waals surface area contributed by atoms with Crippen LogP contribution in [0.15, 0.2) is 6.07 Å². The summed E-state index contributed by atoms with van der Waals surface area (Å²) < 4.78 is 40.4. The van der Waals surface area contributed by atoms with E-state index in [1.807, 2.05) is 0 Å². The third kappa shape index (κ3) is 3.98. The van der Waals surface area contributed by atoms with E-state index in [2.05, 4.69) is 4.72 Å². The van der Waals surface area contributed by atoms with Crippen LogP contribution >= 0.6 is 0 Å². The molecule has 1 amide bonds. The van der Waals surface area contributed by atoms with Crippen LogP contribution in [0, 0.1) is 29.5 Å². The van der Waals surface area contributed by atoms with Gasteiger partial charge in [0.05, 0.1) is 23.8 Å². The van der Waals surface area contributed by atoms with Gasteiger partial charge in [0.1, 0.15) is 11.6 Å². The number of ketones is 4. The molecule has 1 aromatic rings. The lowest BCUT2D eigenvalue weighted by atomic mass is 9.52. The number of nitrogens with two attached hydrogens (primary N) is 1. The number of likely N-dealkylation sites (N-methyl/N-ethyl adjacent to an activating group) is 1. The number of nitrogens with one attached hydrogen (secondary N) is 1. The smallest absolute Gasteiger partial charge is 0.235 e. The maximum atomic E-state index is 15.4. The summed E-state index contributed by atoms with van der Waals surface area (Å²) in [4.78, 5) is 66.6. The number of carbonyl (C=O) groups excluding carboxylic acids is 5. The van der Waals surface area contributed by atoms with E-state index in [1.54, 1.807) is 0 Å². The Balaban J connectivity index is 1.83. The third-order valence-corrected chi connectivity index (χ3v) is 8.26. The first kappa shape index (κ1) is 27.0. The van der Waals surface area contributed by atoms with Gasteiger partial charge < -0.3 is 15.9 Å². The number of aromatic hydroxyl groups is 1. The van der Waals surface area contributed by atoms with E-state index in [9.17, 15) is 42.6 Å². The van der Waals surface area contributed by atoms with Crippen LogP contribution in [0.2, 0.25) is 0 Å². The summed E-state index contributed by atoms with van der Waals surface area (Å²) >= 11 is 0. The summed E-state index contributed by atoms with van der Waals surface area (Å²) in [6, 6.07) is -0.407. The average molecular weight is 540 g/mol. The van der Waals surface area contributed by atoms with Gasteiger partial charge in [-0.25, -0.2) is 17.5 Å². The van der Waals surface area contributed by atoms with E-state index in [0.29, 0.717) is 0 Å². The number of Topliss-reactive ketones (excluding diaryl/α,β-unsaturated/α-hetero) is 4. The fourth-order valence-corrected chi connectivity index (χ4v) is 6.46. The molecule has 2 fully saturated rings. The molecule has 3 aliphatic carbocycles. The van der Waals surface area contributed by atoms with Crippen LogP contribution in [-0.4, -0.2) is 84.6 Å². The van der Waals surface area contributed by atoms with E-state index in [0.717, 1.165) is 12.3 Å². The van der Waals surface area contributed by atoms with Crippen molar-refractivity contribution in [3.8, 4) is 5.75 Å². The van der Waals surface area contributed by atoms with Crippen LogP contribution in [0.4, 0.5) is 4.39 Å². The van der Waals surface area contributed by atoms with E-state index in [1.165, 1.54) is 19.0 Å². The molecule has 37 heavy (non-hydrogen) atoms. The fraction of sp³-hybridized carbons (Fsp3) is 0.522. The molecular weight excluding hydrogens is 513 g/mol. The number of phenols is 1. The molecule has 200 valence electrons. The van der Waals surface area contributed by atoms with Gasteiger partial charge in [0, 0.05) is 23.6 Å². The number of nitrogens with zero attached hydrogens (tertiary/aromatic N) is 1. The molecule has 2 saturated carbocycles. The van der Waals surface area contributed by atoms with Crippen molar-refractivity contribution in [2.75, 3.05) is 20.4 Å². The van der Waals surface area contributed by atoms with Crippen molar-refractivity contribution < 1.29 is 47.0 Å². The van der Waals surface area contributed by atoms with Crippen LogP contribution in [0.1, 0.15) is 27.9 Å². The van der Waals surface area contributed by atoms with Crippen LogP contribution in [-0.2, 0) is 42.2 Å². The second kappa shape index (κ2) is 8.75. The van der Waals surface area contributed by atoms with Crippen molar-refractivity contribution in [2.45, 2.75) is 31.0 Å². The van der Waals surface area contributed by atoms with E-state index < -0.39 is 98.1 Å². The predicted octanol–water partition coefficient (Wildman–Crippen LogP) is -1.94. The summed E-state index contributed by atoms with van der Waals surface area (Å²) in [5.74, 6) is -13.5. The topological polar surface area (TPSA) is 201 Å². The molecule has 0 spiro atoms. The molecule has 0 heterocycles. The number of sulfonamides is 1. The standard InChI is InChI=1S/C23H26FN3O9S/c1-27(2)17-11-5-8-4-10-14(12(28)6-9(16(10)24)7-26-37(3,35)36)18(29)13(8)20(31)23(11,34)21(32)15(19(17)30)22(25)33/h6,8,11,13,15,17,26,28,34H,4-5,7H2,1-3H3,(H2,25,33)/t8-,11-,13?,15?,17-,23-/m0/s1. The lowest BCUT2D eigenvalue weighted by molar-refractivity contribution is -0.181. The number of rotatable bonds is 5. The molecule has 0 bridgehead atoms. The van der Waals surface area contributed by atoms with Crippen molar-refractivity contribution in [2.24, 2.45) is 29.4 Å². The molecule has 0 aromatic heterocycles. The zero-order valence-corrected chi connectivity index (χ0v) is 21.0. The van der Waals surface area contributed by atoms with Crippen molar-refractivity contribution in [3.05, 3.63) is 28.6 Å². The third-order valence-electron chi connectivity index (χ3n) is 7.59. The molecular formula is C23H26FN3O9S. The summed E-state index contributed by atoms with van der Waals surface area (Å²) in [5, 5.41) is 22.0. The van der Waals surface area contributed by atoms with Gasteiger partial charge >= 0.3 is 0 Å². The highest BCUT2D eigenvalue weighted by molar-refractivity contribution is 7.88. The predicted molar refractivity (Wildman–Crippen MR) is 123 cm³/mol. The van der Waals surface area contributed by atoms with Crippen LogP contribution in [0.25, 0.3) is 0 Å². The molecule has 5 N–H and O–H groups in total. The van der Waals surface area contributed by atoms with Gasteiger partial charge in [-0.15, -0.1) is 0 Å². The number of carbonyl (C=O) groups is 5. The Labute approximate surface area is 211 Å². The molecule has 4 rings (SSSR count). The van der Waals surface area contributed by atoms with Gasteiger partial charge in [0.2, 0.25) is 15.9 Å². The van der Waals surface area contributed by atoms with Crippen molar-refractivity contribution >= 4 is 39.1 Å². The van der Waals surface area contributed by atoms with Gasteiger partial charge in [-0.1, -0.05) is 0 Å². The molecule has 2 unspecified atom stereocenters. The summed E-state index contributed by atoms with van der Waals surface area (Å²) in [6.45, 7) is -0.505. The number of phenolic OH excluding ortho intramolecular Hbond substituents is 1. The Bertz CT molecular complexity index is 1380. The monoisotopic (exact) mass is 539 g/mol. The highest BCUT2D eigenvalue weighted by Gasteiger charge is 2.69. The summed E-state index contributed by atoms with van der Waals surface area (Å²) in [5.41, 5.74) is 1.41. The van der Waals surface area contributed by atoms with Crippen molar-refractivity contribution in [1.82, 2.24) is 9.62 Å². The first-order valence-electron chi connectivity index (χ1n) is 11.3. The Hall–Kier alpha value is -3.07. The molecule has 12 nitrogen and oxygen atoms in total. The highest BCUT2D eigenvalue weighted by Crippen LogP contribution is 2.51. The molecule has 0 radical (unpaired) electrons. The van der Waals surface area contributed by atoms with E-state index in [-0.39, 0.29) is 24.0 Å². The fourth-order valence-electron chi connectivity index (χ4n) is 6.05. The van der Waals surface area contributed by atoms with Crippen molar-refractivity contribution in [3.63, 3.8) is 0 Å². The van der Waals surface area contributed by atoms with Gasteiger partial charge in [0.15, 0.2) is 34.7 Å². The Morgan fingerprint density at radius 1 is 1.24 bits per heavy atom. The van der Waals surface area contributed by atoms with Gasteiger partial charge in [-0.3, -0.25) is 28.9 Å². The van der Waals surface area contributed by atoms with Crippen molar-refractivity contribution in [1.29, 1.82) is 0 Å². The van der Waals surface area contributed by atoms with Gasteiger partial charge in [-0.05, 0) is 38.9 Å². The maximum Gasteiger partial charge on any atom is 0.235 e. The zero-order valence-electron chi connectivity index (χ0n) is 20.1. The van der Waals surface area contributed by atoms with Crippen LogP contribution in [0.3, 0.4) is 0 Å². The summed E-state index contributed by atoms with van der Waals surface area (Å²) in [7, 11) is -0.801. The molecule has 0 saturated heterocycles. The number of aliphatic hydroxyl groups is 1. The minimum atomic E-state index is -3.70. The number of halogens is 1. The molecule has 1 aromatic carbocycles. The van der Waals surface area contributed by atoms with Gasteiger partial charge in [0.25, 0.3) is 0 Å². The molecule has 0 aliphatic heterocycles. The highest BCUT2D eigenvalue weighted by atomic mass is 32.2. The first-order chi connectivity index (χ1) is 17.0. The lowest BCUT2D eigenvalue weighted by Gasteiger charge is -2.52. The number of amides is 1. The number of hydrogen-bond acceptors (Lipinski definition) is 10. The largest absolute Gasteiger partial charge is 0.507 e. The van der Waals surface area contributed by atoms with Crippen LogP contribution < -0.4 is 10.5 Å². The minimum Gasteiger partial charge on any atom is -0.507 e. The van der Waals surface area contributed by atoms with Crippen LogP contribution in [0.5, 0.6) is 5.75 Å². The second-order valence-corrected chi connectivity index (χ2v) is 11.9. The molecule has 6 atom stereocenters. The normalized spacial score (nSPS) is 31.7. The Kier molecular flexibility index (Phi) is 6.38.